The number of carbonyl (C=O) groups excluding carboxylic acids is 1. The second kappa shape index (κ2) is 7.87. The topological polar surface area (TPSA) is 102 Å². The maximum absolute atomic E-state index is 12.9. The van der Waals surface area contributed by atoms with Crippen molar-refractivity contribution in [3.8, 4) is 0 Å². The second-order valence-corrected chi connectivity index (χ2v) is 6.95. The van der Waals surface area contributed by atoms with Gasteiger partial charge in [0.15, 0.2) is 0 Å². The second-order valence-electron chi connectivity index (χ2n) is 6.54. The van der Waals surface area contributed by atoms with Crippen molar-refractivity contribution in [1.82, 2.24) is 9.13 Å². The lowest BCUT2D eigenvalue weighted by Crippen LogP contribution is -2.46. The fourth-order valence-corrected chi connectivity index (χ4v) is 3.40. The fraction of sp³-hybridized carbons (Fsp3) is 0.389. The Balaban J connectivity index is 1.94. The van der Waals surface area contributed by atoms with Crippen LogP contribution >= 0.6 is 11.6 Å². The van der Waals surface area contributed by atoms with E-state index in [9.17, 15) is 14.4 Å². The summed E-state index contributed by atoms with van der Waals surface area (Å²) in [5.41, 5.74) is 5.56. The van der Waals surface area contributed by atoms with Gasteiger partial charge in [0.2, 0.25) is 5.91 Å². The molecule has 1 saturated heterocycles. The third-order valence-electron chi connectivity index (χ3n) is 4.69. The third-order valence-corrected chi connectivity index (χ3v) is 5.02. The lowest BCUT2D eigenvalue weighted by Gasteiger charge is -2.29. The Kier molecular flexibility index (Phi) is 5.55. The summed E-state index contributed by atoms with van der Waals surface area (Å²) in [6, 6.07) is 6.75. The van der Waals surface area contributed by atoms with E-state index in [1.54, 1.807) is 24.3 Å². The molecule has 9 heteroatoms. The zero-order chi connectivity index (χ0) is 19.6. The molecule has 1 fully saturated rings. The summed E-state index contributed by atoms with van der Waals surface area (Å²) in [4.78, 5) is 39.8. The van der Waals surface area contributed by atoms with Gasteiger partial charge in [-0.05, 0) is 31.4 Å². The van der Waals surface area contributed by atoms with Crippen molar-refractivity contribution in [2.24, 2.45) is 7.05 Å². The molecule has 1 aromatic carbocycles. The van der Waals surface area contributed by atoms with E-state index in [0.29, 0.717) is 23.8 Å². The number of benzene rings is 1. The molecule has 0 aliphatic carbocycles. The van der Waals surface area contributed by atoms with Gasteiger partial charge in [0.1, 0.15) is 18.1 Å². The van der Waals surface area contributed by atoms with E-state index in [0.717, 1.165) is 23.8 Å². The zero-order valence-corrected chi connectivity index (χ0v) is 15.8. The highest BCUT2D eigenvalue weighted by molar-refractivity contribution is 6.33. The van der Waals surface area contributed by atoms with Gasteiger partial charge in [-0.1, -0.05) is 23.7 Å². The molecule has 0 unspecified atom stereocenters. The minimum atomic E-state index is -0.632. The molecular weight excluding hydrogens is 370 g/mol. The Morgan fingerprint density at radius 2 is 1.85 bits per heavy atom. The fourth-order valence-electron chi connectivity index (χ4n) is 3.22. The molecule has 2 aromatic rings. The van der Waals surface area contributed by atoms with Crippen LogP contribution in [0.2, 0.25) is 5.02 Å². The lowest BCUT2D eigenvalue weighted by atomic mass is 10.1. The molecule has 8 nitrogen and oxygen atoms in total. The number of rotatable bonds is 4. The Labute approximate surface area is 161 Å². The highest BCUT2D eigenvalue weighted by Crippen LogP contribution is 2.22. The molecule has 3 rings (SSSR count). The van der Waals surface area contributed by atoms with Crippen molar-refractivity contribution in [3.05, 3.63) is 50.1 Å². The third kappa shape index (κ3) is 3.85. The van der Waals surface area contributed by atoms with Gasteiger partial charge in [-0.2, -0.15) is 0 Å². The van der Waals surface area contributed by atoms with Crippen LogP contribution in [0.1, 0.15) is 19.3 Å². The summed E-state index contributed by atoms with van der Waals surface area (Å²) in [6.45, 7) is 0.977. The quantitative estimate of drug-likeness (QED) is 0.820. The van der Waals surface area contributed by atoms with E-state index in [2.05, 4.69) is 5.32 Å². The van der Waals surface area contributed by atoms with Crippen LogP contribution in [0.25, 0.3) is 0 Å². The molecule has 1 amide bonds. The van der Waals surface area contributed by atoms with E-state index in [1.807, 2.05) is 4.90 Å². The highest BCUT2D eigenvalue weighted by atomic mass is 35.5. The minimum absolute atomic E-state index is 0.120. The molecule has 0 radical (unpaired) electrons. The number of nitrogens with one attached hydrogen (secondary N) is 1. The maximum atomic E-state index is 12.9. The summed E-state index contributed by atoms with van der Waals surface area (Å²) in [6.07, 6.45) is 3.00. The molecule has 1 aromatic heterocycles. The first-order valence-electron chi connectivity index (χ1n) is 8.78. The van der Waals surface area contributed by atoms with Gasteiger partial charge >= 0.3 is 5.69 Å². The number of carbonyl (C=O) groups is 1. The molecule has 2 heterocycles. The number of hydrogen-bond acceptors (Lipinski definition) is 5. The van der Waals surface area contributed by atoms with Crippen LogP contribution in [-0.2, 0) is 18.4 Å². The molecule has 1 aliphatic heterocycles. The number of para-hydroxylation sites is 1. The van der Waals surface area contributed by atoms with Crippen molar-refractivity contribution in [3.63, 3.8) is 0 Å². The number of nitrogens with zero attached hydrogens (tertiary/aromatic N) is 3. The highest BCUT2D eigenvalue weighted by Gasteiger charge is 2.23. The van der Waals surface area contributed by atoms with Gasteiger partial charge < -0.3 is 16.0 Å². The van der Waals surface area contributed by atoms with Crippen molar-refractivity contribution in [1.29, 1.82) is 0 Å². The number of nitrogens with two attached hydrogens (primary N) is 1. The number of aromatic nitrogens is 2. The van der Waals surface area contributed by atoms with E-state index >= 15 is 0 Å². The first-order valence-corrected chi connectivity index (χ1v) is 9.16. The molecule has 1 aliphatic rings. The van der Waals surface area contributed by atoms with Gasteiger partial charge in [-0.15, -0.1) is 0 Å². The normalized spacial score (nSPS) is 14.2. The maximum Gasteiger partial charge on any atom is 0.332 e. The van der Waals surface area contributed by atoms with E-state index in [-0.39, 0.29) is 11.5 Å². The van der Waals surface area contributed by atoms with Crippen LogP contribution in [0.4, 0.5) is 17.2 Å². The molecule has 0 atom stereocenters. The zero-order valence-electron chi connectivity index (χ0n) is 15.1. The van der Waals surface area contributed by atoms with E-state index in [1.165, 1.54) is 11.6 Å². The molecule has 144 valence electrons. The van der Waals surface area contributed by atoms with Gasteiger partial charge in [0, 0.05) is 20.1 Å². The average molecular weight is 392 g/mol. The van der Waals surface area contributed by atoms with Crippen molar-refractivity contribution in [2.45, 2.75) is 25.8 Å². The Morgan fingerprint density at radius 3 is 2.52 bits per heavy atom. The van der Waals surface area contributed by atoms with Crippen LogP contribution in [-0.4, -0.2) is 28.1 Å². The summed E-state index contributed by atoms with van der Waals surface area (Å²) in [7, 11) is 1.49. The predicted octanol–water partition coefficient (Wildman–Crippen LogP) is 1.41. The SMILES string of the molecule is Cn1c(N)c(N2CCCCC2)c(=O)n(CC(=O)Nc2ccccc2Cl)c1=O. The van der Waals surface area contributed by atoms with Crippen LogP contribution in [0.3, 0.4) is 0 Å². The first kappa shape index (κ1) is 19.0. The largest absolute Gasteiger partial charge is 0.383 e. The Hall–Kier alpha value is -2.74. The smallest absolute Gasteiger partial charge is 0.332 e. The summed E-state index contributed by atoms with van der Waals surface area (Å²) in [5, 5.41) is 3.00. The van der Waals surface area contributed by atoms with Crippen molar-refractivity contribution in [2.75, 3.05) is 29.0 Å². The van der Waals surface area contributed by atoms with Gasteiger partial charge in [0.25, 0.3) is 5.56 Å². The number of halogens is 1. The van der Waals surface area contributed by atoms with Crippen LogP contribution in [0.5, 0.6) is 0 Å². The molecule has 3 N–H and O–H groups in total. The van der Waals surface area contributed by atoms with E-state index < -0.39 is 23.7 Å². The standard InChI is InChI=1S/C18H22ClN5O3/c1-22-16(20)15(23-9-5-2-6-10-23)17(26)24(18(22)27)11-14(25)21-13-8-4-3-7-12(13)19/h3-4,7-8H,2,5-6,9-11,20H2,1H3,(H,21,25). The summed E-state index contributed by atoms with van der Waals surface area (Å²) >= 11 is 6.03. The molecule has 27 heavy (non-hydrogen) atoms. The summed E-state index contributed by atoms with van der Waals surface area (Å²) < 4.78 is 2.11. The molecular formula is C18H22ClN5O3. The van der Waals surface area contributed by atoms with Crippen LogP contribution in [0.15, 0.2) is 33.9 Å². The minimum Gasteiger partial charge on any atom is -0.383 e. The van der Waals surface area contributed by atoms with Crippen LogP contribution < -0.4 is 27.2 Å². The lowest BCUT2D eigenvalue weighted by molar-refractivity contribution is -0.116. The Bertz CT molecular complexity index is 976. The van der Waals surface area contributed by atoms with Crippen LogP contribution in [0, 0.1) is 0 Å². The predicted molar refractivity (Wildman–Crippen MR) is 107 cm³/mol. The Morgan fingerprint density at radius 1 is 1.19 bits per heavy atom. The van der Waals surface area contributed by atoms with Gasteiger partial charge in [0.05, 0.1) is 10.7 Å². The van der Waals surface area contributed by atoms with Crippen molar-refractivity contribution < 1.29 is 4.79 Å². The van der Waals surface area contributed by atoms with Gasteiger partial charge in [-0.3, -0.25) is 14.2 Å². The number of nitrogen functional groups attached to an aromatic ring is 1. The van der Waals surface area contributed by atoms with Crippen molar-refractivity contribution >= 4 is 34.7 Å². The van der Waals surface area contributed by atoms with Gasteiger partial charge in [-0.25, -0.2) is 9.36 Å². The average Bonchev–Trinajstić information content (AvgIpc) is 2.66. The number of amides is 1. The molecule has 0 bridgehead atoms. The molecule has 0 spiro atoms. The monoisotopic (exact) mass is 391 g/mol. The van der Waals surface area contributed by atoms with E-state index in [4.69, 9.17) is 17.3 Å². The molecule has 0 saturated carbocycles. The first-order chi connectivity index (χ1) is 12.9. The summed E-state index contributed by atoms with van der Waals surface area (Å²) in [5.74, 6) is -0.397. The number of hydrogen-bond donors (Lipinski definition) is 2. The number of anilines is 3. The number of piperidine rings is 1.